The van der Waals surface area contributed by atoms with Crippen LogP contribution in [0.3, 0.4) is 0 Å². The highest BCUT2D eigenvalue weighted by atomic mass is 19.1. The second kappa shape index (κ2) is 9.73. The first kappa shape index (κ1) is 24.8. The first-order valence-electron chi connectivity index (χ1n) is 12.1. The molecule has 1 saturated carbocycles. The van der Waals surface area contributed by atoms with Gasteiger partial charge < -0.3 is 20.5 Å². The molecule has 1 aromatic carbocycles. The maximum absolute atomic E-state index is 13.3. The number of hydrogen-bond acceptors (Lipinski definition) is 4. The Balaban J connectivity index is 1.46. The summed E-state index contributed by atoms with van der Waals surface area (Å²) in [5.74, 6) is 0.147. The van der Waals surface area contributed by atoms with Crippen molar-refractivity contribution < 1.29 is 19.4 Å². The number of carbonyl (C=O) groups is 2. The molecule has 2 amide bonds. The number of allylic oxidation sites excluding steroid dienone is 2. The highest BCUT2D eigenvalue weighted by Gasteiger charge is 2.45. The first-order chi connectivity index (χ1) is 16.6. The number of halogens is 1. The van der Waals surface area contributed by atoms with Crippen LogP contribution in [0.4, 0.5) is 4.39 Å². The third kappa shape index (κ3) is 5.05. The van der Waals surface area contributed by atoms with Gasteiger partial charge in [-0.2, -0.15) is 0 Å². The number of rotatable bonds is 6. The second-order valence-corrected chi connectivity index (χ2v) is 9.97. The van der Waals surface area contributed by atoms with Gasteiger partial charge in [0, 0.05) is 42.9 Å². The number of piperazine rings is 1. The molecule has 0 bridgehead atoms. The first-order valence-corrected chi connectivity index (χ1v) is 12.1. The second-order valence-electron chi connectivity index (χ2n) is 9.97. The van der Waals surface area contributed by atoms with Crippen LogP contribution in [0.2, 0.25) is 0 Å². The molecule has 186 valence electrons. The maximum atomic E-state index is 13.3. The van der Waals surface area contributed by atoms with Crippen LogP contribution in [0.25, 0.3) is 5.57 Å². The fourth-order valence-corrected chi connectivity index (χ4v) is 4.65. The lowest BCUT2D eigenvalue weighted by molar-refractivity contribution is -0.144. The zero-order valence-electron chi connectivity index (χ0n) is 20.6. The van der Waals surface area contributed by atoms with Crippen molar-refractivity contribution in [2.24, 2.45) is 11.7 Å². The number of imidazole rings is 1. The SMILES string of the molecule is CC(C)/C(=C/C(=[NH2+])c1ccc(F)cc1)c1ncc(C(=O)N2CCN(C(=O)C3(N)CCC3)[C@@H](C)C2)[nH]1. The number of nitrogens with two attached hydrogens (primary N) is 2. The van der Waals surface area contributed by atoms with Crippen molar-refractivity contribution in [3.8, 4) is 0 Å². The number of carbonyl (C=O) groups excluding carboxylic acids is 2. The summed E-state index contributed by atoms with van der Waals surface area (Å²) < 4.78 is 13.3. The van der Waals surface area contributed by atoms with Crippen molar-refractivity contribution in [1.82, 2.24) is 19.8 Å². The Kier molecular flexibility index (Phi) is 6.89. The summed E-state index contributed by atoms with van der Waals surface area (Å²) in [6.07, 6.45) is 5.78. The van der Waals surface area contributed by atoms with E-state index in [9.17, 15) is 14.0 Å². The van der Waals surface area contributed by atoms with Gasteiger partial charge in [0.25, 0.3) is 5.91 Å². The van der Waals surface area contributed by atoms with Crippen molar-refractivity contribution >= 4 is 23.1 Å². The van der Waals surface area contributed by atoms with Gasteiger partial charge in [-0.3, -0.25) is 15.0 Å². The predicted molar refractivity (Wildman–Crippen MR) is 132 cm³/mol. The Bertz CT molecular complexity index is 1150. The van der Waals surface area contributed by atoms with E-state index in [1.807, 2.05) is 25.7 Å². The van der Waals surface area contributed by atoms with Gasteiger partial charge in [-0.15, -0.1) is 0 Å². The Morgan fingerprint density at radius 3 is 2.51 bits per heavy atom. The Hall–Kier alpha value is -3.33. The number of aromatic nitrogens is 2. The van der Waals surface area contributed by atoms with E-state index >= 15 is 0 Å². The molecule has 1 aliphatic carbocycles. The largest absolute Gasteiger partial charge is 0.335 e. The van der Waals surface area contributed by atoms with Gasteiger partial charge in [0.1, 0.15) is 17.3 Å². The molecule has 1 atom stereocenters. The summed E-state index contributed by atoms with van der Waals surface area (Å²) in [7, 11) is 0. The minimum Gasteiger partial charge on any atom is -0.335 e. The lowest BCUT2D eigenvalue weighted by atomic mass is 9.76. The minimum absolute atomic E-state index is 0.00567. The molecule has 2 heterocycles. The average molecular weight is 482 g/mol. The Morgan fingerprint density at radius 1 is 1.26 bits per heavy atom. The summed E-state index contributed by atoms with van der Waals surface area (Å²) in [5, 5.41) is 6.26. The zero-order chi connectivity index (χ0) is 25.3. The molecule has 5 N–H and O–H groups in total. The molecule has 0 radical (unpaired) electrons. The normalized spacial score (nSPS) is 20.1. The van der Waals surface area contributed by atoms with Crippen LogP contribution in [0.1, 0.15) is 61.9 Å². The van der Waals surface area contributed by atoms with Gasteiger partial charge in [-0.05, 0) is 56.4 Å². The van der Waals surface area contributed by atoms with E-state index in [0.717, 1.165) is 24.8 Å². The standard InChI is InChI=1S/C26H33FN6O2/c1-16(2)20(13-21(28)18-5-7-19(27)8-6-18)23-30-14-22(31-23)24(34)32-11-12-33(17(3)15-32)25(35)26(29)9-4-10-26/h5-8,13-14,16-17,28H,4,9-12,15,29H2,1-3H3,(H,30,31)/p+1/b20-13-,28-21?/t17-/m0/s1. The van der Waals surface area contributed by atoms with Crippen LogP contribution in [0.5, 0.6) is 0 Å². The fourth-order valence-electron chi connectivity index (χ4n) is 4.65. The molecule has 1 saturated heterocycles. The van der Waals surface area contributed by atoms with E-state index in [1.54, 1.807) is 23.1 Å². The van der Waals surface area contributed by atoms with Gasteiger partial charge in [0.05, 0.1) is 11.7 Å². The molecule has 4 rings (SSSR count). The third-order valence-electron chi connectivity index (χ3n) is 7.04. The highest BCUT2D eigenvalue weighted by molar-refractivity contribution is 6.08. The number of amides is 2. The van der Waals surface area contributed by atoms with Gasteiger partial charge in [-0.1, -0.05) is 13.8 Å². The van der Waals surface area contributed by atoms with Crippen LogP contribution in [0.15, 0.2) is 36.5 Å². The van der Waals surface area contributed by atoms with E-state index < -0.39 is 5.54 Å². The van der Waals surface area contributed by atoms with E-state index in [4.69, 9.17) is 11.1 Å². The number of nitrogens with zero attached hydrogens (tertiary/aromatic N) is 3. The van der Waals surface area contributed by atoms with Crippen LogP contribution < -0.4 is 11.1 Å². The molecule has 8 nitrogen and oxygen atoms in total. The molecule has 9 heteroatoms. The molecule has 1 aliphatic heterocycles. The fraction of sp³-hybridized carbons (Fsp3) is 0.462. The Labute approximate surface area is 204 Å². The van der Waals surface area contributed by atoms with E-state index in [2.05, 4.69) is 9.97 Å². The van der Waals surface area contributed by atoms with Crippen molar-refractivity contribution in [3.63, 3.8) is 0 Å². The van der Waals surface area contributed by atoms with Gasteiger partial charge in [-0.25, -0.2) is 9.37 Å². The lowest BCUT2D eigenvalue weighted by Crippen LogP contribution is -2.65. The van der Waals surface area contributed by atoms with Gasteiger partial charge in [0.2, 0.25) is 11.6 Å². The minimum atomic E-state index is -0.731. The topological polar surface area (TPSA) is 121 Å². The van der Waals surface area contributed by atoms with Crippen molar-refractivity contribution in [2.75, 3.05) is 19.6 Å². The molecule has 2 aliphatic rings. The highest BCUT2D eigenvalue weighted by Crippen LogP contribution is 2.32. The molecule has 2 fully saturated rings. The van der Waals surface area contributed by atoms with E-state index in [-0.39, 0.29) is 29.6 Å². The molecular formula is C26H34FN6O2+. The third-order valence-corrected chi connectivity index (χ3v) is 7.04. The van der Waals surface area contributed by atoms with Gasteiger partial charge in [0.15, 0.2) is 0 Å². The van der Waals surface area contributed by atoms with Crippen molar-refractivity contribution in [2.45, 2.75) is 51.6 Å². The van der Waals surface area contributed by atoms with Crippen LogP contribution in [-0.2, 0) is 4.79 Å². The molecule has 0 spiro atoms. The number of aromatic amines is 1. The van der Waals surface area contributed by atoms with Crippen molar-refractivity contribution in [3.05, 3.63) is 59.4 Å². The van der Waals surface area contributed by atoms with Crippen LogP contribution in [0, 0.1) is 11.7 Å². The molecule has 0 unspecified atom stereocenters. The lowest BCUT2D eigenvalue weighted by Gasteiger charge is -2.46. The molecular weight excluding hydrogens is 447 g/mol. The quantitative estimate of drug-likeness (QED) is 0.540. The Morgan fingerprint density at radius 2 is 1.94 bits per heavy atom. The number of nitrogens with one attached hydrogen (secondary N) is 1. The number of benzene rings is 1. The average Bonchev–Trinajstić information content (AvgIpc) is 3.30. The summed E-state index contributed by atoms with van der Waals surface area (Å²) in [4.78, 5) is 37.2. The molecule has 2 aromatic rings. The monoisotopic (exact) mass is 481 g/mol. The zero-order valence-corrected chi connectivity index (χ0v) is 20.6. The van der Waals surface area contributed by atoms with Gasteiger partial charge >= 0.3 is 0 Å². The summed E-state index contributed by atoms with van der Waals surface area (Å²) in [6.45, 7) is 7.32. The summed E-state index contributed by atoms with van der Waals surface area (Å²) in [5.41, 5.74) is 7.92. The predicted octanol–water partition coefficient (Wildman–Crippen LogP) is 1.39. The summed E-state index contributed by atoms with van der Waals surface area (Å²) in [6, 6.07) is 5.86. The summed E-state index contributed by atoms with van der Waals surface area (Å²) >= 11 is 0. The molecule has 1 aromatic heterocycles. The van der Waals surface area contributed by atoms with E-state index in [1.165, 1.54) is 18.3 Å². The molecule has 35 heavy (non-hydrogen) atoms. The van der Waals surface area contributed by atoms with Crippen LogP contribution >= 0.6 is 0 Å². The van der Waals surface area contributed by atoms with E-state index in [0.29, 0.717) is 42.4 Å². The van der Waals surface area contributed by atoms with Crippen molar-refractivity contribution in [1.29, 1.82) is 0 Å². The number of H-pyrrole nitrogens is 1. The smallest absolute Gasteiger partial charge is 0.272 e. The number of hydrogen-bond donors (Lipinski definition) is 3. The maximum Gasteiger partial charge on any atom is 0.272 e. The van der Waals surface area contributed by atoms with Crippen LogP contribution in [-0.4, -0.2) is 68.5 Å².